The van der Waals surface area contributed by atoms with Crippen molar-refractivity contribution in [3.8, 4) is 27.9 Å². The second kappa shape index (κ2) is 12.0. The summed E-state index contributed by atoms with van der Waals surface area (Å²) < 4.78 is 8.64. The maximum absolute atomic E-state index is 6.26. The van der Waals surface area contributed by atoms with Crippen LogP contribution in [0, 0.1) is 0 Å². The molecule has 7 aromatic carbocycles. The first kappa shape index (κ1) is 29.2. The molecule has 0 unspecified atom stereocenters. The lowest BCUT2D eigenvalue weighted by Crippen LogP contribution is -2.11. The van der Waals surface area contributed by atoms with Crippen LogP contribution >= 0.6 is 0 Å². The van der Waals surface area contributed by atoms with Gasteiger partial charge in [0.05, 0.1) is 23.3 Å². The molecule has 0 radical (unpaired) electrons. The summed E-state index contributed by atoms with van der Waals surface area (Å²) in [5.74, 6) is 0.982. The highest BCUT2D eigenvalue weighted by molar-refractivity contribution is 6.10. The van der Waals surface area contributed by atoms with Crippen molar-refractivity contribution in [3.05, 3.63) is 187 Å². The van der Waals surface area contributed by atoms with Gasteiger partial charge in [0.1, 0.15) is 11.3 Å². The van der Waals surface area contributed by atoms with E-state index in [-0.39, 0.29) is 0 Å². The highest BCUT2D eigenvalue weighted by atomic mass is 16.3. The van der Waals surface area contributed by atoms with Crippen LogP contribution in [-0.4, -0.2) is 4.57 Å². The molecule has 1 N–H and O–H groups in total. The normalized spacial score (nSPS) is 12.3. The van der Waals surface area contributed by atoms with Gasteiger partial charge in [-0.1, -0.05) is 109 Å². The molecule has 0 fully saturated rings. The number of para-hydroxylation sites is 3. The Morgan fingerprint density at radius 1 is 0.529 bits per heavy atom. The molecule has 0 bridgehead atoms. The summed E-state index contributed by atoms with van der Waals surface area (Å²) in [5.41, 5.74) is 13.5. The molecule has 9 aromatic rings. The number of anilines is 3. The fraction of sp³-hybridized carbons (Fsp3) is 0.0213. The van der Waals surface area contributed by atoms with E-state index in [0.717, 1.165) is 50.6 Å². The van der Waals surface area contributed by atoms with Crippen molar-refractivity contribution in [2.75, 3.05) is 4.90 Å². The third-order valence-electron chi connectivity index (χ3n) is 10.1. The third kappa shape index (κ3) is 4.92. The zero-order chi connectivity index (χ0) is 33.7. The first-order valence-electron chi connectivity index (χ1n) is 17.4. The second-order valence-electron chi connectivity index (χ2n) is 13.0. The zero-order valence-corrected chi connectivity index (χ0v) is 27.8. The lowest BCUT2D eigenvalue weighted by molar-refractivity contribution is 0.532. The van der Waals surface area contributed by atoms with Gasteiger partial charge in [0, 0.05) is 44.3 Å². The monoisotopic (exact) mass is 655 g/mol. The smallest absolute Gasteiger partial charge is 0.135 e. The minimum Gasteiger partial charge on any atom is -0.459 e. The van der Waals surface area contributed by atoms with E-state index in [2.05, 4.69) is 191 Å². The van der Waals surface area contributed by atoms with Crippen molar-refractivity contribution in [1.29, 1.82) is 0 Å². The Hall–Kier alpha value is -6.78. The molecule has 10 rings (SSSR count). The van der Waals surface area contributed by atoms with Crippen molar-refractivity contribution >= 4 is 55.9 Å². The quantitative estimate of drug-likeness (QED) is 0.194. The molecule has 4 nitrogen and oxygen atoms in total. The maximum Gasteiger partial charge on any atom is 0.135 e. The van der Waals surface area contributed by atoms with Gasteiger partial charge in [-0.2, -0.15) is 0 Å². The molecule has 1 aliphatic rings. The van der Waals surface area contributed by atoms with Gasteiger partial charge in [0.25, 0.3) is 0 Å². The molecule has 0 saturated carbocycles. The molecule has 3 heterocycles. The van der Waals surface area contributed by atoms with Crippen LogP contribution < -0.4 is 10.2 Å². The summed E-state index contributed by atoms with van der Waals surface area (Å²) in [6.07, 6.45) is 4.09. The minimum absolute atomic E-state index is 0.711. The lowest BCUT2D eigenvalue weighted by atomic mass is 10.00. The Balaban J connectivity index is 1.15. The van der Waals surface area contributed by atoms with Crippen LogP contribution in [0.4, 0.5) is 17.1 Å². The van der Waals surface area contributed by atoms with Crippen molar-refractivity contribution in [3.63, 3.8) is 0 Å². The average Bonchev–Trinajstić information content (AvgIpc) is 3.74. The standard InChI is InChI=1S/C47H33N3O/c1-3-11-33(12-4-1)38-15-7-9-17-43(38)49(36-22-19-32(20-23-36)34-21-25-41-42-27-28-48-31-47(42)51-46(41)29-34)37-24-26-40-39-16-8-10-18-44(39)50(45(40)30-37)35-13-5-2-6-14-35/h1-30,48H,31H2. The van der Waals surface area contributed by atoms with Crippen molar-refractivity contribution in [1.82, 2.24) is 9.88 Å². The topological polar surface area (TPSA) is 33.3 Å². The van der Waals surface area contributed by atoms with Crippen molar-refractivity contribution in [2.24, 2.45) is 0 Å². The van der Waals surface area contributed by atoms with Crippen LogP contribution in [0.3, 0.4) is 0 Å². The molecule has 1 aliphatic heterocycles. The summed E-state index contributed by atoms with van der Waals surface area (Å²) in [6, 6.07) is 61.0. The molecule has 51 heavy (non-hydrogen) atoms. The van der Waals surface area contributed by atoms with Crippen LogP contribution in [0.5, 0.6) is 0 Å². The van der Waals surface area contributed by atoms with Crippen LogP contribution in [0.15, 0.2) is 180 Å². The molecule has 2 aromatic heterocycles. The number of nitrogens with zero attached hydrogens (tertiary/aromatic N) is 2. The molecule has 0 saturated heterocycles. The Morgan fingerprint density at radius 3 is 2.08 bits per heavy atom. The van der Waals surface area contributed by atoms with Crippen LogP contribution in [0.25, 0.3) is 66.8 Å². The Bertz CT molecular complexity index is 2740. The third-order valence-corrected chi connectivity index (χ3v) is 10.1. The number of fused-ring (bicyclic) bond motifs is 6. The van der Waals surface area contributed by atoms with Crippen LogP contribution in [0.1, 0.15) is 11.3 Å². The van der Waals surface area contributed by atoms with Gasteiger partial charge < -0.3 is 19.2 Å². The van der Waals surface area contributed by atoms with Crippen LogP contribution in [-0.2, 0) is 6.54 Å². The Morgan fingerprint density at radius 2 is 1.22 bits per heavy atom. The maximum atomic E-state index is 6.26. The summed E-state index contributed by atoms with van der Waals surface area (Å²) >= 11 is 0. The van der Waals surface area contributed by atoms with Gasteiger partial charge in [0.15, 0.2) is 0 Å². The van der Waals surface area contributed by atoms with E-state index in [0.29, 0.717) is 6.54 Å². The number of rotatable bonds is 6. The fourth-order valence-electron chi connectivity index (χ4n) is 7.67. The fourth-order valence-corrected chi connectivity index (χ4v) is 7.67. The number of nitrogens with one attached hydrogen (secondary N) is 1. The van der Waals surface area contributed by atoms with E-state index in [4.69, 9.17) is 4.42 Å². The Kier molecular flexibility index (Phi) is 6.85. The van der Waals surface area contributed by atoms with Crippen molar-refractivity contribution in [2.45, 2.75) is 6.54 Å². The number of benzene rings is 7. The van der Waals surface area contributed by atoms with Gasteiger partial charge in [-0.15, -0.1) is 0 Å². The van der Waals surface area contributed by atoms with E-state index >= 15 is 0 Å². The molecule has 0 spiro atoms. The van der Waals surface area contributed by atoms with Gasteiger partial charge in [-0.3, -0.25) is 0 Å². The van der Waals surface area contributed by atoms with E-state index in [1.54, 1.807) is 0 Å². The lowest BCUT2D eigenvalue weighted by Gasteiger charge is -2.28. The minimum atomic E-state index is 0.711. The highest BCUT2D eigenvalue weighted by Gasteiger charge is 2.20. The largest absolute Gasteiger partial charge is 0.459 e. The van der Waals surface area contributed by atoms with Gasteiger partial charge in [0.2, 0.25) is 0 Å². The zero-order valence-electron chi connectivity index (χ0n) is 27.8. The van der Waals surface area contributed by atoms with E-state index in [9.17, 15) is 0 Å². The number of furan rings is 1. The Labute approximate surface area is 296 Å². The van der Waals surface area contributed by atoms with E-state index < -0.39 is 0 Å². The predicted octanol–water partition coefficient (Wildman–Crippen LogP) is 12.4. The van der Waals surface area contributed by atoms with Gasteiger partial charge >= 0.3 is 0 Å². The summed E-state index contributed by atoms with van der Waals surface area (Å²) in [7, 11) is 0. The predicted molar refractivity (Wildman–Crippen MR) is 212 cm³/mol. The summed E-state index contributed by atoms with van der Waals surface area (Å²) in [6.45, 7) is 0.711. The molecular formula is C47H33N3O. The molecule has 0 amide bonds. The van der Waals surface area contributed by atoms with Crippen molar-refractivity contribution < 1.29 is 4.42 Å². The molecular weight excluding hydrogens is 623 g/mol. The second-order valence-corrected chi connectivity index (χ2v) is 13.0. The van der Waals surface area contributed by atoms with Gasteiger partial charge in [-0.25, -0.2) is 0 Å². The number of hydrogen-bond acceptors (Lipinski definition) is 3. The summed E-state index contributed by atoms with van der Waals surface area (Å²) in [5, 5.41) is 6.87. The molecule has 242 valence electrons. The first-order chi connectivity index (χ1) is 25.3. The van der Waals surface area contributed by atoms with Crippen LogP contribution in [0.2, 0.25) is 0 Å². The van der Waals surface area contributed by atoms with E-state index in [1.807, 2.05) is 6.20 Å². The van der Waals surface area contributed by atoms with Gasteiger partial charge in [-0.05, 0) is 89.6 Å². The number of hydrogen-bond donors (Lipinski definition) is 1. The average molecular weight is 656 g/mol. The molecule has 4 heteroatoms. The molecule has 0 aliphatic carbocycles. The SMILES string of the molecule is C1=Cc2c(oc3cc(-c4ccc(N(c5ccc6c7ccccc7n(-c7ccccc7)c6c5)c5ccccc5-c5ccccc5)cc4)ccc23)CN1. The number of aromatic nitrogens is 1. The first-order valence-corrected chi connectivity index (χ1v) is 17.4. The van der Waals surface area contributed by atoms with E-state index in [1.165, 1.54) is 38.5 Å². The summed E-state index contributed by atoms with van der Waals surface area (Å²) in [4.78, 5) is 2.39. The highest BCUT2D eigenvalue weighted by Crippen LogP contribution is 2.44. The molecule has 0 atom stereocenters.